The van der Waals surface area contributed by atoms with Gasteiger partial charge in [-0.1, -0.05) is 35.3 Å². The van der Waals surface area contributed by atoms with Gasteiger partial charge >= 0.3 is 0 Å². The number of hydrogen-bond donors (Lipinski definition) is 1. The lowest BCUT2D eigenvalue weighted by Crippen LogP contribution is -1.96. The molecule has 0 saturated carbocycles. The van der Waals surface area contributed by atoms with Gasteiger partial charge in [0.25, 0.3) is 0 Å². The molecule has 0 radical (unpaired) electrons. The second kappa shape index (κ2) is 4.49. The van der Waals surface area contributed by atoms with E-state index in [9.17, 15) is 0 Å². The molecule has 5 heteroatoms. The van der Waals surface area contributed by atoms with Crippen molar-refractivity contribution in [1.82, 2.24) is 4.98 Å². The molecule has 0 amide bonds. The lowest BCUT2D eigenvalue weighted by molar-refractivity contribution is 1.01. The SMILES string of the molecule is NCc1nc(-c2cccc(Cl)c2)sc1Cl. The van der Waals surface area contributed by atoms with Gasteiger partial charge in [-0.2, -0.15) is 0 Å². The number of nitrogens with two attached hydrogens (primary N) is 1. The standard InChI is InChI=1S/C10H8Cl2N2S/c11-7-3-1-2-6(4-7)10-14-8(5-13)9(12)15-10/h1-4H,5,13H2. The number of hydrogen-bond acceptors (Lipinski definition) is 3. The minimum Gasteiger partial charge on any atom is -0.325 e. The quantitative estimate of drug-likeness (QED) is 0.895. The van der Waals surface area contributed by atoms with Crippen molar-refractivity contribution in [3.05, 3.63) is 39.3 Å². The first-order valence-corrected chi connectivity index (χ1v) is 5.89. The van der Waals surface area contributed by atoms with Crippen LogP contribution >= 0.6 is 34.5 Å². The zero-order valence-corrected chi connectivity index (χ0v) is 10.0. The summed E-state index contributed by atoms with van der Waals surface area (Å²) in [7, 11) is 0. The highest BCUT2D eigenvalue weighted by atomic mass is 35.5. The van der Waals surface area contributed by atoms with Gasteiger partial charge in [0.2, 0.25) is 0 Å². The average Bonchev–Trinajstić information content (AvgIpc) is 2.60. The first kappa shape index (κ1) is 10.9. The summed E-state index contributed by atoms with van der Waals surface area (Å²) in [6.45, 7) is 0.357. The maximum absolute atomic E-state index is 5.98. The van der Waals surface area contributed by atoms with E-state index < -0.39 is 0 Å². The van der Waals surface area contributed by atoms with E-state index in [0.717, 1.165) is 16.3 Å². The summed E-state index contributed by atoms with van der Waals surface area (Å²) < 4.78 is 0.646. The molecule has 78 valence electrons. The van der Waals surface area contributed by atoms with Crippen molar-refractivity contribution >= 4 is 34.5 Å². The molecular formula is C10H8Cl2N2S. The highest BCUT2D eigenvalue weighted by molar-refractivity contribution is 7.19. The second-order valence-electron chi connectivity index (χ2n) is 2.95. The zero-order chi connectivity index (χ0) is 10.8. The molecule has 1 heterocycles. The van der Waals surface area contributed by atoms with Crippen LogP contribution < -0.4 is 5.73 Å². The Labute approximate surface area is 102 Å². The molecule has 0 bridgehead atoms. The highest BCUT2D eigenvalue weighted by Crippen LogP contribution is 2.32. The van der Waals surface area contributed by atoms with E-state index in [4.69, 9.17) is 28.9 Å². The molecule has 1 aromatic carbocycles. The van der Waals surface area contributed by atoms with E-state index in [1.807, 2.05) is 24.3 Å². The summed E-state index contributed by atoms with van der Waals surface area (Å²) in [5.74, 6) is 0. The van der Waals surface area contributed by atoms with E-state index in [2.05, 4.69) is 4.98 Å². The highest BCUT2D eigenvalue weighted by Gasteiger charge is 2.09. The van der Waals surface area contributed by atoms with Crippen LogP contribution in [0.4, 0.5) is 0 Å². The third-order valence-corrected chi connectivity index (χ3v) is 3.53. The second-order valence-corrected chi connectivity index (χ2v) is 4.99. The minimum atomic E-state index is 0.357. The Morgan fingerprint density at radius 1 is 1.33 bits per heavy atom. The van der Waals surface area contributed by atoms with Crippen molar-refractivity contribution in [1.29, 1.82) is 0 Å². The van der Waals surface area contributed by atoms with Crippen LogP contribution in [-0.2, 0) is 6.54 Å². The van der Waals surface area contributed by atoms with Gasteiger partial charge in [-0.15, -0.1) is 11.3 Å². The summed E-state index contributed by atoms with van der Waals surface area (Å²) in [5, 5.41) is 1.54. The predicted octanol–water partition coefficient (Wildman–Crippen LogP) is 3.58. The molecule has 0 aliphatic heterocycles. The Balaban J connectivity index is 2.45. The van der Waals surface area contributed by atoms with Crippen molar-refractivity contribution in [2.75, 3.05) is 0 Å². The Hall–Kier alpha value is -0.610. The monoisotopic (exact) mass is 258 g/mol. The van der Waals surface area contributed by atoms with Crippen LogP contribution in [0.3, 0.4) is 0 Å². The summed E-state index contributed by atoms with van der Waals surface area (Å²) in [4.78, 5) is 4.34. The van der Waals surface area contributed by atoms with Gasteiger partial charge < -0.3 is 5.73 Å². The van der Waals surface area contributed by atoms with Crippen molar-refractivity contribution in [3.8, 4) is 10.6 Å². The van der Waals surface area contributed by atoms with Gasteiger partial charge in [0.05, 0.1) is 5.69 Å². The number of halogens is 2. The molecule has 0 spiro atoms. The summed E-state index contributed by atoms with van der Waals surface area (Å²) in [5.41, 5.74) is 7.21. The molecule has 2 nitrogen and oxygen atoms in total. The summed E-state index contributed by atoms with van der Waals surface area (Å²) in [6.07, 6.45) is 0. The topological polar surface area (TPSA) is 38.9 Å². The Bertz CT molecular complexity index is 482. The van der Waals surface area contributed by atoms with E-state index in [0.29, 0.717) is 15.9 Å². The van der Waals surface area contributed by atoms with Gasteiger partial charge in [-0.25, -0.2) is 4.98 Å². The molecule has 2 rings (SSSR count). The average molecular weight is 259 g/mol. The maximum Gasteiger partial charge on any atom is 0.125 e. The first-order chi connectivity index (χ1) is 7.20. The Kier molecular flexibility index (Phi) is 3.26. The molecule has 1 aromatic heterocycles. The van der Waals surface area contributed by atoms with Crippen LogP contribution in [0.1, 0.15) is 5.69 Å². The van der Waals surface area contributed by atoms with Crippen molar-refractivity contribution in [3.63, 3.8) is 0 Å². The molecule has 2 N–H and O–H groups in total. The molecule has 0 saturated heterocycles. The van der Waals surface area contributed by atoms with E-state index in [-0.39, 0.29) is 0 Å². The van der Waals surface area contributed by atoms with Crippen molar-refractivity contribution in [2.45, 2.75) is 6.54 Å². The lowest BCUT2D eigenvalue weighted by Gasteiger charge is -1.95. The van der Waals surface area contributed by atoms with E-state index >= 15 is 0 Å². The summed E-state index contributed by atoms with van der Waals surface area (Å²) >= 11 is 13.3. The largest absolute Gasteiger partial charge is 0.325 e. The molecule has 2 aromatic rings. The van der Waals surface area contributed by atoms with Crippen molar-refractivity contribution in [2.24, 2.45) is 5.73 Å². The lowest BCUT2D eigenvalue weighted by atomic mass is 10.2. The van der Waals surface area contributed by atoms with Crippen LogP contribution in [0.2, 0.25) is 9.36 Å². The molecule has 0 unspecified atom stereocenters. The third-order valence-electron chi connectivity index (χ3n) is 1.91. The fraction of sp³-hybridized carbons (Fsp3) is 0.100. The normalized spacial score (nSPS) is 10.6. The molecule has 0 atom stereocenters. The molecule has 0 aliphatic rings. The predicted molar refractivity (Wildman–Crippen MR) is 65.5 cm³/mol. The number of aromatic nitrogens is 1. The molecular weight excluding hydrogens is 251 g/mol. The molecule has 0 aliphatic carbocycles. The fourth-order valence-electron chi connectivity index (χ4n) is 1.20. The number of rotatable bonds is 2. The first-order valence-electron chi connectivity index (χ1n) is 4.32. The minimum absolute atomic E-state index is 0.357. The van der Waals surface area contributed by atoms with Crippen molar-refractivity contribution < 1.29 is 0 Å². The van der Waals surface area contributed by atoms with Gasteiger partial charge in [-0.05, 0) is 12.1 Å². The number of thiazole rings is 1. The van der Waals surface area contributed by atoms with Gasteiger partial charge in [-0.3, -0.25) is 0 Å². The van der Waals surface area contributed by atoms with E-state index in [1.165, 1.54) is 11.3 Å². The van der Waals surface area contributed by atoms with Crippen LogP contribution in [-0.4, -0.2) is 4.98 Å². The molecule has 0 fully saturated rings. The summed E-state index contributed by atoms with van der Waals surface area (Å²) in [6, 6.07) is 7.51. The van der Waals surface area contributed by atoms with Gasteiger partial charge in [0, 0.05) is 17.1 Å². The number of benzene rings is 1. The van der Waals surface area contributed by atoms with Crippen LogP contribution in [0.25, 0.3) is 10.6 Å². The van der Waals surface area contributed by atoms with Crippen LogP contribution in [0.15, 0.2) is 24.3 Å². The fourth-order valence-corrected chi connectivity index (χ4v) is 2.55. The Morgan fingerprint density at radius 2 is 2.13 bits per heavy atom. The van der Waals surface area contributed by atoms with Gasteiger partial charge in [0.15, 0.2) is 0 Å². The Morgan fingerprint density at radius 3 is 2.73 bits per heavy atom. The van der Waals surface area contributed by atoms with Crippen LogP contribution in [0.5, 0.6) is 0 Å². The smallest absolute Gasteiger partial charge is 0.125 e. The third kappa shape index (κ3) is 2.32. The molecule has 15 heavy (non-hydrogen) atoms. The van der Waals surface area contributed by atoms with Gasteiger partial charge in [0.1, 0.15) is 9.34 Å². The number of nitrogens with zero attached hydrogens (tertiary/aromatic N) is 1. The zero-order valence-electron chi connectivity index (χ0n) is 7.71. The van der Waals surface area contributed by atoms with E-state index in [1.54, 1.807) is 0 Å². The maximum atomic E-state index is 5.98. The van der Waals surface area contributed by atoms with Crippen LogP contribution in [0, 0.1) is 0 Å².